The molecule has 4 heteroatoms. The molecule has 1 fully saturated rings. The number of amides is 1. The summed E-state index contributed by atoms with van der Waals surface area (Å²) in [7, 11) is 1.32. The number of hydrogen-bond acceptors (Lipinski definition) is 3. The van der Waals surface area contributed by atoms with E-state index < -0.39 is 11.9 Å². The van der Waals surface area contributed by atoms with E-state index >= 15 is 0 Å². The first-order chi connectivity index (χ1) is 6.56. The van der Waals surface area contributed by atoms with Gasteiger partial charge in [-0.3, -0.25) is 9.59 Å². The normalized spacial score (nSPS) is 21.9. The average molecular weight is 199 g/mol. The molecule has 14 heavy (non-hydrogen) atoms. The second-order valence-corrected chi connectivity index (χ2v) is 4.04. The van der Waals surface area contributed by atoms with Crippen molar-refractivity contribution in [3.05, 3.63) is 0 Å². The summed E-state index contributed by atoms with van der Waals surface area (Å²) >= 11 is 0. The van der Waals surface area contributed by atoms with E-state index in [1.807, 2.05) is 0 Å². The Morgan fingerprint density at radius 1 is 1.64 bits per heavy atom. The molecular weight excluding hydrogens is 182 g/mol. The molecule has 1 amide bonds. The SMILES string of the molecule is COC(=O)C1CCN(CC(C)C)C1=O. The van der Waals surface area contributed by atoms with Gasteiger partial charge in [-0.2, -0.15) is 0 Å². The zero-order chi connectivity index (χ0) is 10.7. The third-order valence-corrected chi connectivity index (χ3v) is 2.37. The van der Waals surface area contributed by atoms with E-state index in [1.54, 1.807) is 4.90 Å². The zero-order valence-electron chi connectivity index (χ0n) is 8.95. The van der Waals surface area contributed by atoms with E-state index in [-0.39, 0.29) is 5.91 Å². The van der Waals surface area contributed by atoms with E-state index in [0.717, 1.165) is 6.54 Å². The summed E-state index contributed by atoms with van der Waals surface area (Å²) < 4.78 is 4.57. The van der Waals surface area contributed by atoms with Crippen LogP contribution in [0.2, 0.25) is 0 Å². The summed E-state index contributed by atoms with van der Waals surface area (Å²) in [6.45, 7) is 5.51. The van der Waals surface area contributed by atoms with Gasteiger partial charge in [-0.15, -0.1) is 0 Å². The van der Waals surface area contributed by atoms with Crippen molar-refractivity contribution in [2.75, 3.05) is 20.2 Å². The first-order valence-corrected chi connectivity index (χ1v) is 4.93. The lowest BCUT2D eigenvalue weighted by Crippen LogP contribution is -2.33. The fraction of sp³-hybridized carbons (Fsp3) is 0.800. The number of likely N-dealkylation sites (tertiary alicyclic amines) is 1. The Morgan fingerprint density at radius 2 is 2.29 bits per heavy atom. The molecule has 0 aliphatic carbocycles. The standard InChI is InChI=1S/C10H17NO3/c1-7(2)6-11-5-4-8(9(11)12)10(13)14-3/h7-8H,4-6H2,1-3H3. The molecule has 0 aromatic rings. The van der Waals surface area contributed by atoms with Crippen LogP contribution in [0, 0.1) is 11.8 Å². The lowest BCUT2D eigenvalue weighted by Gasteiger charge is -2.18. The fourth-order valence-electron chi connectivity index (χ4n) is 1.72. The Labute approximate surface area is 84.2 Å². The number of nitrogens with zero attached hydrogens (tertiary/aromatic N) is 1. The molecule has 1 saturated heterocycles. The number of carbonyl (C=O) groups excluding carboxylic acids is 2. The lowest BCUT2D eigenvalue weighted by molar-refractivity contribution is -0.150. The smallest absolute Gasteiger partial charge is 0.318 e. The number of esters is 1. The van der Waals surface area contributed by atoms with Crippen LogP contribution < -0.4 is 0 Å². The van der Waals surface area contributed by atoms with Crippen LogP contribution in [0.3, 0.4) is 0 Å². The third-order valence-electron chi connectivity index (χ3n) is 2.37. The van der Waals surface area contributed by atoms with Gasteiger partial charge in [-0.1, -0.05) is 13.8 Å². The fourth-order valence-corrected chi connectivity index (χ4v) is 1.72. The Bertz CT molecular complexity index is 238. The van der Waals surface area contributed by atoms with Crippen molar-refractivity contribution < 1.29 is 14.3 Å². The average Bonchev–Trinajstić information content (AvgIpc) is 2.46. The predicted octanol–water partition coefficient (Wildman–Crippen LogP) is 0.664. The van der Waals surface area contributed by atoms with Crippen LogP contribution in [0.15, 0.2) is 0 Å². The maximum absolute atomic E-state index is 11.7. The number of ether oxygens (including phenoxy) is 1. The van der Waals surface area contributed by atoms with Crippen molar-refractivity contribution >= 4 is 11.9 Å². The minimum Gasteiger partial charge on any atom is -0.468 e. The summed E-state index contributed by atoms with van der Waals surface area (Å²) in [5, 5.41) is 0. The molecule has 1 aliphatic heterocycles. The van der Waals surface area contributed by atoms with Gasteiger partial charge in [-0.25, -0.2) is 0 Å². The van der Waals surface area contributed by atoms with Crippen molar-refractivity contribution in [2.24, 2.45) is 11.8 Å². The van der Waals surface area contributed by atoms with Gasteiger partial charge in [-0.05, 0) is 12.3 Å². The van der Waals surface area contributed by atoms with Crippen molar-refractivity contribution in [2.45, 2.75) is 20.3 Å². The molecule has 1 unspecified atom stereocenters. The quantitative estimate of drug-likeness (QED) is 0.495. The summed E-state index contributed by atoms with van der Waals surface area (Å²) in [4.78, 5) is 24.6. The largest absolute Gasteiger partial charge is 0.468 e. The maximum atomic E-state index is 11.7. The van der Waals surface area contributed by atoms with E-state index in [4.69, 9.17) is 0 Å². The zero-order valence-corrected chi connectivity index (χ0v) is 8.95. The maximum Gasteiger partial charge on any atom is 0.318 e. The van der Waals surface area contributed by atoms with Gasteiger partial charge in [0.15, 0.2) is 0 Å². The Hall–Kier alpha value is -1.06. The summed E-state index contributed by atoms with van der Waals surface area (Å²) in [5.74, 6) is -0.596. The number of rotatable bonds is 3. The van der Waals surface area contributed by atoms with Gasteiger partial charge in [0.2, 0.25) is 5.91 Å². The molecule has 0 bridgehead atoms. The Kier molecular flexibility index (Phi) is 3.49. The molecule has 1 aliphatic rings. The molecule has 80 valence electrons. The van der Waals surface area contributed by atoms with Crippen LogP contribution in [0.1, 0.15) is 20.3 Å². The minimum absolute atomic E-state index is 0.0782. The molecule has 0 spiro atoms. The first kappa shape index (κ1) is 11.0. The number of hydrogen-bond donors (Lipinski definition) is 0. The van der Waals surface area contributed by atoms with Gasteiger partial charge < -0.3 is 9.64 Å². The minimum atomic E-state index is -0.557. The van der Waals surface area contributed by atoms with Gasteiger partial charge in [0.05, 0.1) is 7.11 Å². The van der Waals surface area contributed by atoms with Gasteiger partial charge in [0.25, 0.3) is 0 Å². The van der Waals surface area contributed by atoms with Crippen molar-refractivity contribution in [1.82, 2.24) is 4.90 Å². The molecule has 0 radical (unpaired) electrons. The molecule has 0 N–H and O–H groups in total. The van der Waals surface area contributed by atoms with Crippen LogP contribution in [0.4, 0.5) is 0 Å². The Morgan fingerprint density at radius 3 is 2.79 bits per heavy atom. The van der Waals surface area contributed by atoms with Crippen LogP contribution in [-0.4, -0.2) is 37.0 Å². The van der Waals surface area contributed by atoms with Gasteiger partial charge in [0, 0.05) is 13.1 Å². The number of carbonyl (C=O) groups is 2. The second-order valence-electron chi connectivity index (χ2n) is 4.04. The molecule has 0 saturated carbocycles. The van der Waals surface area contributed by atoms with E-state index in [9.17, 15) is 9.59 Å². The molecule has 4 nitrogen and oxygen atoms in total. The summed E-state index contributed by atoms with van der Waals surface area (Å²) in [6, 6.07) is 0. The van der Waals surface area contributed by atoms with Gasteiger partial charge in [0.1, 0.15) is 5.92 Å². The predicted molar refractivity (Wildman–Crippen MR) is 51.5 cm³/mol. The van der Waals surface area contributed by atoms with E-state index in [1.165, 1.54) is 7.11 Å². The molecular formula is C10H17NO3. The summed E-state index contributed by atoms with van der Waals surface area (Å²) in [5.41, 5.74) is 0. The highest BCUT2D eigenvalue weighted by Crippen LogP contribution is 2.20. The lowest BCUT2D eigenvalue weighted by atomic mass is 10.1. The van der Waals surface area contributed by atoms with Gasteiger partial charge >= 0.3 is 5.97 Å². The molecule has 1 heterocycles. The van der Waals surface area contributed by atoms with Crippen LogP contribution >= 0.6 is 0 Å². The topological polar surface area (TPSA) is 46.6 Å². The second kappa shape index (κ2) is 4.44. The van der Waals surface area contributed by atoms with Crippen LogP contribution in [-0.2, 0) is 14.3 Å². The molecule has 0 aromatic heterocycles. The summed E-state index contributed by atoms with van der Waals surface area (Å²) in [6.07, 6.45) is 0.595. The molecule has 0 aromatic carbocycles. The highest BCUT2D eigenvalue weighted by molar-refractivity contribution is 5.99. The molecule has 1 rings (SSSR count). The van der Waals surface area contributed by atoms with Crippen molar-refractivity contribution in [3.63, 3.8) is 0 Å². The van der Waals surface area contributed by atoms with Crippen LogP contribution in [0.5, 0.6) is 0 Å². The van der Waals surface area contributed by atoms with E-state index in [2.05, 4.69) is 18.6 Å². The van der Waals surface area contributed by atoms with E-state index in [0.29, 0.717) is 18.9 Å². The third kappa shape index (κ3) is 2.25. The highest BCUT2D eigenvalue weighted by atomic mass is 16.5. The van der Waals surface area contributed by atoms with Crippen LogP contribution in [0.25, 0.3) is 0 Å². The first-order valence-electron chi connectivity index (χ1n) is 4.93. The van der Waals surface area contributed by atoms with Crippen molar-refractivity contribution in [1.29, 1.82) is 0 Å². The monoisotopic (exact) mass is 199 g/mol. The highest BCUT2D eigenvalue weighted by Gasteiger charge is 2.37. The Balaban J connectivity index is 2.55. The molecule has 1 atom stereocenters. The number of methoxy groups -OCH3 is 1. The van der Waals surface area contributed by atoms with Crippen molar-refractivity contribution in [3.8, 4) is 0 Å².